The maximum Gasteiger partial charge on any atom is 0.222 e. The summed E-state index contributed by atoms with van der Waals surface area (Å²) in [6.45, 7) is 5.18. The van der Waals surface area contributed by atoms with E-state index in [-0.39, 0.29) is 5.91 Å². The number of carbonyl (C=O) groups excluding carboxylic acids is 1. The van der Waals surface area contributed by atoms with Crippen molar-refractivity contribution in [1.29, 1.82) is 0 Å². The van der Waals surface area contributed by atoms with Crippen molar-refractivity contribution in [3.05, 3.63) is 35.4 Å². The minimum Gasteiger partial charge on any atom is -0.346 e. The molecule has 0 aliphatic carbocycles. The molecule has 0 radical (unpaired) electrons. The molecule has 1 amide bonds. The van der Waals surface area contributed by atoms with E-state index < -0.39 is 0 Å². The van der Waals surface area contributed by atoms with Gasteiger partial charge in [-0.2, -0.15) is 0 Å². The van der Waals surface area contributed by atoms with Gasteiger partial charge >= 0.3 is 0 Å². The molecule has 0 heterocycles. The van der Waals surface area contributed by atoms with E-state index in [1.807, 2.05) is 11.9 Å². The lowest BCUT2D eigenvalue weighted by molar-refractivity contribution is -0.129. The molecule has 1 rings (SSSR count). The van der Waals surface area contributed by atoms with Crippen molar-refractivity contribution in [2.75, 3.05) is 13.6 Å². The van der Waals surface area contributed by atoms with Crippen LogP contribution in [0.4, 0.5) is 0 Å². The van der Waals surface area contributed by atoms with Crippen LogP contribution in [0.15, 0.2) is 24.3 Å². The van der Waals surface area contributed by atoms with Crippen LogP contribution in [0.2, 0.25) is 0 Å². The van der Waals surface area contributed by atoms with Crippen molar-refractivity contribution in [3.8, 4) is 0 Å². The van der Waals surface area contributed by atoms with Crippen molar-refractivity contribution in [1.82, 2.24) is 4.90 Å². The molecule has 0 atom stereocenters. The lowest BCUT2D eigenvalue weighted by atomic mass is 10.1. The third-order valence-corrected chi connectivity index (χ3v) is 3.33. The molecule has 0 unspecified atom stereocenters. The first kappa shape index (κ1) is 14.7. The Labute approximate surface area is 111 Å². The molecule has 0 spiro atoms. The first-order valence-electron chi connectivity index (χ1n) is 6.99. The van der Waals surface area contributed by atoms with Crippen molar-refractivity contribution >= 4 is 5.91 Å². The number of carbonyl (C=O) groups is 1. The van der Waals surface area contributed by atoms with Gasteiger partial charge in [0.15, 0.2) is 0 Å². The lowest BCUT2D eigenvalue weighted by Gasteiger charge is -2.16. The molecule has 1 aromatic rings. The molecule has 2 nitrogen and oxygen atoms in total. The average molecular weight is 247 g/mol. The highest BCUT2D eigenvalue weighted by Crippen LogP contribution is 2.08. The molecular weight excluding hydrogens is 222 g/mol. The third kappa shape index (κ3) is 4.91. The molecule has 18 heavy (non-hydrogen) atoms. The lowest BCUT2D eigenvalue weighted by Crippen LogP contribution is -2.27. The predicted molar refractivity (Wildman–Crippen MR) is 76.7 cm³/mol. The largest absolute Gasteiger partial charge is 0.346 e. The number of unbranched alkanes of at least 4 members (excludes halogenated alkanes) is 1. The standard InChI is InChI=1S/C16H25NO/c1-4-6-13-17(3)16(18)12-11-15-9-7-14(5-2)8-10-15/h7-10H,4-6,11-13H2,1-3H3. The second-order valence-electron chi connectivity index (χ2n) is 4.84. The molecule has 0 N–H and O–H groups in total. The Bertz CT molecular complexity index is 356. The van der Waals surface area contributed by atoms with Crippen LogP contribution in [0.25, 0.3) is 0 Å². The van der Waals surface area contributed by atoms with Crippen LogP contribution in [0.5, 0.6) is 0 Å². The van der Waals surface area contributed by atoms with Gasteiger partial charge in [0.25, 0.3) is 0 Å². The second kappa shape index (κ2) is 7.91. The fourth-order valence-electron chi connectivity index (χ4n) is 1.90. The van der Waals surface area contributed by atoms with Gasteiger partial charge in [-0.25, -0.2) is 0 Å². The molecule has 0 aliphatic heterocycles. The Kier molecular flexibility index (Phi) is 6.48. The number of hydrogen-bond donors (Lipinski definition) is 0. The summed E-state index contributed by atoms with van der Waals surface area (Å²) in [7, 11) is 1.90. The van der Waals surface area contributed by atoms with Crippen LogP contribution in [0, 0.1) is 0 Å². The quantitative estimate of drug-likeness (QED) is 0.723. The van der Waals surface area contributed by atoms with E-state index in [2.05, 4.69) is 38.1 Å². The first-order valence-corrected chi connectivity index (χ1v) is 6.99. The van der Waals surface area contributed by atoms with Gasteiger partial charge < -0.3 is 4.90 Å². The van der Waals surface area contributed by atoms with E-state index in [0.717, 1.165) is 32.2 Å². The van der Waals surface area contributed by atoms with Crippen LogP contribution in [-0.4, -0.2) is 24.4 Å². The van der Waals surface area contributed by atoms with Crippen molar-refractivity contribution in [2.24, 2.45) is 0 Å². The van der Waals surface area contributed by atoms with Gasteiger partial charge in [0.2, 0.25) is 5.91 Å². The normalized spacial score (nSPS) is 10.4. The number of amides is 1. The summed E-state index contributed by atoms with van der Waals surface area (Å²) >= 11 is 0. The Balaban J connectivity index is 2.37. The smallest absolute Gasteiger partial charge is 0.222 e. The molecule has 100 valence electrons. The fraction of sp³-hybridized carbons (Fsp3) is 0.562. The zero-order chi connectivity index (χ0) is 13.4. The summed E-state index contributed by atoms with van der Waals surface area (Å²) in [5, 5.41) is 0. The number of aryl methyl sites for hydroxylation is 2. The third-order valence-electron chi connectivity index (χ3n) is 3.33. The molecule has 0 bridgehead atoms. The Morgan fingerprint density at radius 2 is 1.72 bits per heavy atom. The second-order valence-corrected chi connectivity index (χ2v) is 4.84. The Hall–Kier alpha value is -1.31. The zero-order valence-corrected chi connectivity index (χ0v) is 11.9. The number of rotatable bonds is 7. The monoisotopic (exact) mass is 247 g/mol. The summed E-state index contributed by atoms with van der Waals surface area (Å²) < 4.78 is 0. The maximum atomic E-state index is 11.9. The predicted octanol–water partition coefficient (Wildman–Crippen LogP) is 3.44. The number of nitrogens with zero attached hydrogens (tertiary/aromatic N) is 1. The number of hydrogen-bond acceptors (Lipinski definition) is 1. The van der Waals surface area contributed by atoms with Crippen LogP contribution < -0.4 is 0 Å². The molecule has 0 saturated carbocycles. The van der Waals surface area contributed by atoms with E-state index in [1.165, 1.54) is 11.1 Å². The minimum atomic E-state index is 0.253. The van der Waals surface area contributed by atoms with Crippen molar-refractivity contribution < 1.29 is 4.79 Å². The first-order chi connectivity index (χ1) is 8.67. The van der Waals surface area contributed by atoms with Gasteiger partial charge in [0.1, 0.15) is 0 Å². The molecular formula is C16H25NO. The molecule has 0 aliphatic rings. The van der Waals surface area contributed by atoms with Crippen molar-refractivity contribution in [3.63, 3.8) is 0 Å². The van der Waals surface area contributed by atoms with E-state index in [4.69, 9.17) is 0 Å². The van der Waals surface area contributed by atoms with Crippen LogP contribution in [0.1, 0.15) is 44.2 Å². The molecule has 0 fully saturated rings. The molecule has 2 heteroatoms. The zero-order valence-electron chi connectivity index (χ0n) is 11.9. The van der Waals surface area contributed by atoms with Gasteiger partial charge in [0.05, 0.1) is 0 Å². The minimum absolute atomic E-state index is 0.253. The van der Waals surface area contributed by atoms with E-state index in [9.17, 15) is 4.79 Å². The highest BCUT2D eigenvalue weighted by molar-refractivity contribution is 5.76. The Morgan fingerprint density at radius 1 is 1.11 bits per heavy atom. The topological polar surface area (TPSA) is 20.3 Å². The molecule has 1 aromatic carbocycles. The number of benzene rings is 1. The fourth-order valence-corrected chi connectivity index (χ4v) is 1.90. The van der Waals surface area contributed by atoms with Crippen LogP contribution >= 0.6 is 0 Å². The summed E-state index contributed by atoms with van der Waals surface area (Å²) in [6, 6.07) is 8.58. The van der Waals surface area contributed by atoms with Crippen molar-refractivity contribution in [2.45, 2.75) is 46.0 Å². The van der Waals surface area contributed by atoms with Crippen LogP contribution in [0.3, 0.4) is 0 Å². The SMILES string of the molecule is CCCCN(C)C(=O)CCc1ccc(CC)cc1. The van der Waals surface area contributed by atoms with Gasteiger partial charge in [-0.1, -0.05) is 44.5 Å². The van der Waals surface area contributed by atoms with E-state index in [1.54, 1.807) is 0 Å². The van der Waals surface area contributed by atoms with E-state index >= 15 is 0 Å². The van der Waals surface area contributed by atoms with Gasteiger partial charge in [-0.05, 0) is 30.4 Å². The highest BCUT2D eigenvalue weighted by Gasteiger charge is 2.07. The summed E-state index contributed by atoms with van der Waals surface area (Å²) in [5.74, 6) is 0.253. The van der Waals surface area contributed by atoms with Gasteiger partial charge in [-0.3, -0.25) is 4.79 Å². The summed E-state index contributed by atoms with van der Waals surface area (Å²) in [6.07, 6.45) is 4.76. The average Bonchev–Trinajstić information content (AvgIpc) is 2.42. The van der Waals surface area contributed by atoms with Gasteiger partial charge in [-0.15, -0.1) is 0 Å². The van der Waals surface area contributed by atoms with Crippen LogP contribution in [-0.2, 0) is 17.6 Å². The van der Waals surface area contributed by atoms with Gasteiger partial charge in [0, 0.05) is 20.0 Å². The molecule has 0 saturated heterocycles. The summed E-state index contributed by atoms with van der Waals surface area (Å²) in [5.41, 5.74) is 2.61. The molecule has 0 aromatic heterocycles. The van der Waals surface area contributed by atoms with E-state index in [0.29, 0.717) is 6.42 Å². The highest BCUT2D eigenvalue weighted by atomic mass is 16.2. The Morgan fingerprint density at radius 3 is 2.28 bits per heavy atom. The summed E-state index contributed by atoms with van der Waals surface area (Å²) in [4.78, 5) is 13.7. The maximum absolute atomic E-state index is 11.9.